The maximum Gasteiger partial charge on any atom is 0.0568 e. The Kier molecular flexibility index (Phi) is 3.78. The Morgan fingerprint density at radius 2 is 1.92 bits per heavy atom. The Labute approximate surface area is 82.5 Å². The predicted molar refractivity (Wildman–Crippen MR) is 56.5 cm³/mol. The van der Waals surface area contributed by atoms with E-state index in [2.05, 4.69) is 27.7 Å². The molecule has 1 nitrogen and oxygen atoms in total. The second kappa shape index (κ2) is 4.45. The molecular weight excluding hydrogens is 160 g/mol. The summed E-state index contributed by atoms with van der Waals surface area (Å²) in [4.78, 5) is 0. The van der Waals surface area contributed by atoms with E-state index in [9.17, 15) is 5.11 Å². The lowest BCUT2D eigenvalue weighted by molar-refractivity contribution is -0.00643. The molecule has 1 saturated carbocycles. The molecule has 0 aromatic heterocycles. The van der Waals surface area contributed by atoms with Crippen molar-refractivity contribution in [1.82, 2.24) is 0 Å². The summed E-state index contributed by atoms with van der Waals surface area (Å²) in [5.74, 6) is 2.79. The first-order valence-corrected chi connectivity index (χ1v) is 5.76. The molecule has 5 atom stereocenters. The molecule has 0 radical (unpaired) electrons. The van der Waals surface area contributed by atoms with Gasteiger partial charge in [-0.3, -0.25) is 0 Å². The molecule has 1 rings (SSSR count). The highest BCUT2D eigenvalue weighted by Crippen LogP contribution is 2.40. The van der Waals surface area contributed by atoms with Crippen LogP contribution < -0.4 is 0 Å². The molecule has 0 saturated heterocycles. The molecule has 1 aliphatic rings. The molecule has 1 N–H and O–H groups in total. The average Bonchev–Trinajstić information content (AvgIpc) is 2.12. The van der Waals surface area contributed by atoms with E-state index in [1.165, 1.54) is 12.8 Å². The minimum atomic E-state index is -0.0461. The second-order valence-corrected chi connectivity index (χ2v) is 4.94. The predicted octanol–water partition coefficient (Wildman–Crippen LogP) is 3.08. The highest BCUT2D eigenvalue weighted by molar-refractivity contribution is 4.85. The first-order chi connectivity index (χ1) is 6.07. The number of aliphatic hydroxyl groups excluding tert-OH is 1. The summed E-state index contributed by atoms with van der Waals surface area (Å²) in [7, 11) is 0. The smallest absolute Gasteiger partial charge is 0.0568 e. The Morgan fingerprint density at radius 3 is 2.46 bits per heavy atom. The summed E-state index contributed by atoms with van der Waals surface area (Å²) in [5.41, 5.74) is 0. The van der Waals surface area contributed by atoms with Crippen LogP contribution in [-0.2, 0) is 0 Å². The zero-order valence-electron chi connectivity index (χ0n) is 9.46. The van der Waals surface area contributed by atoms with Crippen LogP contribution in [0.25, 0.3) is 0 Å². The van der Waals surface area contributed by atoms with Crippen LogP contribution in [0.2, 0.25) is 0 Å². The molecule has 1 fully saturated rings. The first-order valence-electron chi connectivity index (χ1n) is 5.76. The van der Waals surface area contributed by atoms with Crippen molar-refractivity contribution in [3.63, 3.8) is 0 Å². The minimum Gasteiger partial charge on any atom is -0.393 e. The molecule has 0 aliphatic heterocycles. The van der Waals surface area contributed by atoms with Crippen LogP contribution in [-0.4, -0.2) is 11.2 Å². The molecule has 13 heavy (non-hydrogen) atoms. The molecule has 0 spiro atoms. The van der Waals surface area contributed by atoms with Crippen molar-refractivity contribution in [3.05, 3.63) is 0 Å². The van der Waals surface area contributed by atoms with Crippen LogP contribution >= 0.6 is 0 Å². The molecule has 78 valence electrons. The molecule has 0 amide bonds. The fourth-order valence-electron chi connectivity index (χ4n) is 3.01. The second-order valence-electron chi connectivity index (χ2n) is 4.94. The van der Waals surface area contributed by atoms with Crippen LogP contribution in [0.3, 0.4) is 0 Å². The van der Waals surface area contributed by atoms with Gasteiger partial charge in [-0.1, -0.05) is 34.1 Å². The van der Waals surface area contributed by atoms with E-state index in [4.69, 9.17) is 0 Å². The summed E-state index contributed by atoms with van der Waals surface area (Å²) in [6, 6.07) is 0. The first kappa shape index (κ1) is 11.0. The van der Waals surface area contributed by atoms with Gasteiger partial charge in [0.05, 0.1) is 6.10 Å². The molecule has 1 aliphatic carbocycles. The topological polar surface area (TPSA) is 20.2 Å². The molecule has 0 heterocycles. The Morgan fingerprint density at radius 1 is 1.31 bits per heavy atom. The SMILES string of the molecule is CCC(C)C1C(C)CCC(O)C1C. The van der Waals surface area contributed by atoms with E-state index in [0.717, 1.165) is 24.2 Å². The van der Waals surface area contributed by atoms with E-state index in [-0.39, 0.29) is 6.10 Å². The lowest BCUT2D eigenvalue weighted by Gasteiger charge is -2.41. The summed E-state index contributed by atoms with van der Waals surface area (Å²) in [5, 5.41) is 9.81. The van der Waals surface area contributed by atoms with Crippen molar-refractivity contribution in [2.24, 2.45) is 23.7 Å². The van der Waals surface area contributed by atoms with Crippen molar-refractivity contribution in [2.45, 2.75) is 53.1 Å². The summed E-state index contributed by atoms with van der Waals surface area (Å²) >= 11 is 0. The van der Waals surface area contributed by atoms with Crippen molar-refractivity contribution in [3.8, 4) is 0 Å². The number of hydrogen-bond acceptors (Lipinski definition) is 1. The van der Waals surface area contributed by atoms with Gasteiger partial charge in [0.2, 0.25) is 0 Å². The quantitative estimate of drug-likeness (QED) is 0.699. The Bertz CT molecular complexity index is 151. The van der Waals surface area contributed by atoms with Gasteiger partial charge in [0.1, 0.15) is 0 Å². The number of aliphatic hydroxyl groups is 1. The van der Waals surface area contributed by atoms with Gasteiger partial charge in [0.25, 0.3) is 0 Å². The zero-order chi connectivity index (χ0) is 10.0. The third-order valence-electron chi connectivity index (χ3n) is 4.09. The number of hydrogen-bond donors (Lipinski definition) is 1. The van der Waals surface area contributed by atoms with Crippen LogP contribution in [0.5, 0.6) is 0 Å². The average molecular weight is 184 g/mol. The van der Waals surface area contributed by atoms with Crippen molar-refractivity contribution >= 4 is 0 Å². The fourth-order valence-corrected chi connectivity index (χ4v) is 3.01. The van der Waals surface area contributed by atoms with Crippen LogP contribution in [0, 0.1) is 23.7 Å². The Balaban J connectivity index is 2.65. The lowest BCUT2D eigenvalue weighted by atomic mass is 9.66. The van der Waals surface area contributed by atoms with E-state index >= 15 is 0 Å². The van der Waals surface area contributed by atoms with Crippen molar-refractivity contribution in [2.75, 3.05) is 0 Å². The van der Waals surface area contributed by atoms with Crippen LogP contribution in [0.15, 0.2) is 0 Å². The summed E-state index contributed by atoms with van der Waals surface area (Å²) in [6.07, 6.45) is 3.41. The fraction of sp³-hybridized carbons (Fsp3) is 1.00. The van der Waals surface area contributed by atoms with Crippen molar-refractivity contribution in [1.29, 1.82) is 0 Å². The molecule has 0 aromatic carbocycles. The van der Waals surface area contributed by atoms with Gasteiger partial charge in [-0.05, 0) is 36.5 Å². The standard InChI is InChI=1S/C12H24O/c1-5-8(2)12-9(3)6-7-11(13)10(12)4/h8-13H,5-7H2,1-4H3. The summed E-state index contributed by atoms with van der Waals surface area (Å²) < 4.78 is 0. The molecule has 0 bridgehead atoms. The maximum absolute atomic E-state index is 9.81. The van der Waals surface area contributed by atoms with Gasteiger partial charge >= 0.3 is 0 Å². The molecule has 5 unspecified atom stereocenters. The van der Waals surface area contributed by atoms with Crippen LogP contribution in [0.1, 0.15) is 47.0 Å². The van der Waals surface area contributed by atoms with Gasteiger partial charge in [-0.2, -0.15) is 0 Å². The highest BCUT2D eigenvalue weighted by Gasteiger charge is 2.35. The minimum absolute atomic E-state index is 0.0461. The van der Waals surface area contributed by atoms with Gasteiger partial charge in [-0.25, -0.2) is 0 Å². The zero-order valence-corrected chi connectivity index (χ0v) is 9.46. The largest absolute Gasteiger partial charge is 0.393 e. The lowest BCUT2D eigenvalue weighted by Crippen LogP contribution is -2.38. The third kappa shape index (κ3) is 2.25. The van der Waals surface area contributed by atoms with Crippen LogP contribution in [0.4, 0.5) is 0 Å². The summed E-state index contributed by atoms with van der Waals surface area (Å²) in [6.45, 7) is 9.15. The van der Waals surface area contributed by atoms with Gasteiger partial charge in [0, 0.05) is 0 Å². The Hall–Kier alpha value is -0.0400. The maximum atomic E-state index is 9.81. The van der Waals surface area contributed by atoms with Gasteiger partial charge in [0.15, 0.2) is 0 Å². The van der Waals surface area contributed by atoms with E-state index in [1.807, 2.05) is 0 Å². The van der Waals surface area contributed by atoms with E-state index in [1.54, 1.807) is 0 Å². The monoisotopic (exact) mass is 184 g/mol. The third-order valence-corrected chi connectivity index (χ3v) is 4.09. The molecule has 0 aromatic rings. The van der Waals surface area contributed by atoms with E-state index in [0.29, 0.717) is 5.92 Å². The molecule has 1 heteroatoms. The highest BCUT2D eigenvalue weighted by atomic mass is 16.3. The normalized spacial score (nSPS) is 43.2. The van der Waals surface area contributed by atoms with Gasteiger partial charge in [-0.15, -0.1) is 0 Å². The number of rotatable bonds is 2. The van der Waals surface area contributed by atoms with Gasteiger partial charge < -0.3 is 5.11 Å². The van der Waals surface area contributed by atoms with E-state index < -0.39 is 0 Å². The van der Waals surface area contributed by atoms with Crippen molar-refractivity contribution < 1.29 is 5.11 Å². The molecular formula is C12H24O.